The fraction of sp³-hybridized carbons (Fsp3) is 0.526. The van der Waals surface area contributed by atoms with Crippen LogP contribution in [0.4, 0.5) is 0 Å². The number of halogens is 1. The molecule has 2 atom stereocenters. The second-order valence-corrected chi connectivity index (χ2v) is 7.45. The number of likely N-dealkylation sites (N-methyl/N-ethyl adjacent to an activating group) is 1. The lowest BCUT2D eigenvalue weighted by Crippen LogP contribution is -2.54. The van der Waals surface area contributed by atoms with E-state index in [9.17, 15) is 9.59 Å². The van der Waals surface area contributed by atoms with Gasteiger partial charge in [-0.05, 0) is 32.2 Å². The molecule has 1 fully saturated rings. The van der Waals surface area contributed by atoms with E-state index in [4.69, 9.17) is 21.2 Å². The van der Waals surface area contributed by atoms with E-state index in [1.54, 1.807) is 37.1 Å². The number of oxime groups is 1. The zero-order valence-corrected chi connectivity index (χ0v) is 17.0. The highest BCUT2D eigenvalue weighted by Gasteiger charge is 2.33. The van der Waals surface area contributed by atoms with Crippen LogP contribution in [0.3, 0.4) is 0 Å². The average Bonchev–Trinajstić information content (AvgIpc) is 3.18. The Balaban J connectivity index is 1.56. The van der Waals surface area contributed by atoms with Gasteiger partial charge in [-0.15, -0.1) is 0 Å². The van der Waals surface area contributed by atoms with E-state index in [0.29, 0.717) is 35.1 Å². The summed E-state index contributed by atoms with van der Waals surface area (Å²) in [7, 11) is 3.59. The number of methoxy groups -OCH3 is 1. The molecule has 8 nitrogen and oxygen atoms in total. The molecule has 0 bridgehead atoms. The predicted octanol–water partition coefficient (Wildman–Crippen LogP) is 1.12. The Morgan fingerprint density at radius 3 is 2.71 bits per heavy atom. The molecule has 1 N–H and O–H groups in total. The van der Waals surface area contributed by atoms with Gasteiger partial charge in [0.2, 0.25) is 12.0 Å². The Labute approximate surface area is 169 Å². The Morgan fingerprint density at radius 2 is 2.04 bits per heavy atom. The number of carbonyl (C=O) groups is 2. The molecular formula is C19H25ClN4O4. The molecule has 0 spiro atoms. The molecule has 2 aliphatic rings. The molecule has 2 heterocycles. The quantitative estimate of drug-likeness (QED) is 0.789. The zero-order chi connectivity index (χ0) is 20.3. The second kappa shape index (κ2) is 8.79. The first-order chi connectivity index (χ1) is 13.4. The molecular weight excluding hydrogens is 384 g/mol. The summed E-state index contributed by atoms with van der Waals surface area (Å²) in [6.45, 7) is 4.68. The minimum atomic E-state index is -0.792. The number of carbonyl (C=O) groups excluding carboxylic acids is 2. The number of nitrogens with zero attached hydrogens (tertiary/aromatic N) is 3. The van der Waals surface area contributed by atoms with Crippen molar-refractivity contribution in [3.63, 3.8) is 0 Å². The van der Waals surface area contributed by atoms with Gasteiger partial charge in [-0.25, -0.2) is 0 Å². The van der Waals surface area contributed by atoms with Crippen LogP contribution in [0.15, 0.2) is 23.4 Å². The maximum absolute atomic E-state index is 12.5. The summed E-state index contributed by atoms with van der Waals surface area (Å²) < 4.78 is 5.21. The van der Waals surface area contributed by atoms with Gasteiger partial charge < -0.3 is 24.7 Å². The van der Waals surface area contributed by atoms with Gasteiger partial charge in [-0.2, -0.15) is 0 Å². The molecule has 0 saturated carbocycles. The predicted molar refractivity (Wildman–Crippen MR) is 106 cm³/mol. The molecule has 2 amide bonds. The average molecular weight is 409 g/mol. The smallest absolute Gasteiger partial charge is 0.264 e. The summed E-state index contributed by atoms with van der Waals surface area (Å²) in [5.74, 6) is 0.186. The molecule has 9 heteroatoms. The summed E-state index contributed by atoms with van der Waals surface area (Å²) in [6, 6.07) is 4.59. The van der Waals surface area contributed by atoms with Gasteiger partial charge in [0.05, 0.1) is 17.8 Å². The van der Waals surface area contributed by atoms with Crippen molar-refractivity contribution in [1.82, 2.24) is 15.1 Å². The van der Waals surface area contributed by atoms with Crippen LogP contribution < -0.4 is 10.1 Å². The van der Waals surface area contributed by atoms with Crippen molar-refractivity contribution < 1.29 is 19.2 Å². The second-order valence-electron chi connectivity index (χ2n) is 7.04. The van der Waals surface area contributed by atoms with Crippen LogP contribution in [0.25, 0.3) is 0 Å². The zero-order valence-electron chi connectivity index (χ0n) is 16.3. The van der Waals surface area contributed by atoms with E-state index < -0.39 is 12.1 Å². The highest BCUT2D eigenvalue weighted by molar-refractivity contribution is 6.34. The molecule has 1 aromatic carbocycles. The standard InChI is InChI=1S/C19H25ClN4O4/c1-12(19(26)24-8-6-23(2)7-9-24)21-18(25)17-11-16(22-28-17)14-10-13(27-3)4-5-15(14)20/h4-5,10,12,17H,6-9,11H2,1-3H3,(H,21,25)/t12-,17-/m0/s1. The molecule has 1 aromatic rings. The lowest BCUT2D eigenvalue weighted by molar-refractivity contribution is -0.140. The minimum Gasteiger partial charge on any atom is -0.497 e. The number of nitrogens with one attached hydrogen (secondary N) is 1. The third-order valence-corrected chi connectivity index (χ3v) is 5.32. The SMILES string of the molecule is COc1ccc(Cl)c(C2=NO[C@H](C(=O)N[C@@H](C)C(=O)N3CCN(C)CC3)C2)c1. The Morgan fingerprint density at radius 1 is 1.32 bits per heavy atom. The fourth-order valence-electron chi connectivity index (χ4n) is 3.20. The van der Waals surface area contributed by atoms with Gasteiger partial charge in [-0.3, -0.25) is 9.59 Å². The first-order valence-electron chi connectivity index (χ1n) is 9.23. The third kappa shape index (κ3) is 4.56. The van der Waals surface area contributed by atoms with Crippen molar-refractivity contribution in [2.45, 2.75) is 25.5 Å². The van der Waals surface area contributed by atoms with Crippen molar-refractivity contribution in [1.29, 1.82) is 0 Å². The number of hydrogen-bond donors (Lipinski definition) is 1. The van der Waals surface area contributed by atoms with Crippen molar-refractivity contribution in [3.05, 3.63) is 28.8 Å². The number of piperazine rings is 1. The molecule has 0 aromatic heterocycles. The molecule has 152 valence electrons. The number of amides is 2. The van der Waals surface area contributed by atoms with Crippen LogP contribution in [-0.2, 0) is 14.4 Å². The molecule has 3 rings (SSSR count). The summed E-state index contributed by atoms with van der Waals surface area (Å²) in [4.78, 5) is 34.3. The van der Waals surface area contributed by atoms with Gasteiger partial charge in [0, 0.05) is 38.2 Å². The van der Waals surface area contributed by atoms with Crippen LogP contribution in [0.1, 0.15) is 18.9 Å². The first-order valence-corrected chi connectivity index (χ1v) is 9.61. The Hall–Kier alpha value is -2.32. The summed E-state index contributed by atoms with van der Waals surface area (Å²) in [5.41, 5.74) is 1.24. The van der Waals surface area contributed by atoms with E-state index in [-0.39, 0.29) is 18.2 Å². The summed E-state index contributed by atoms with van der Waals surface area (Å²) in [5, 5.41) is 7.25. The van der Waals surface area contributed by atoms with Crippen LogP contribution >= 0.6 is 11.6 Å². The molecule has 1 saturated heterocycles. The first kappa shape index (κ1) is 20.4. The van der Waals surface area contributed by atoms with Gasteiger partial charge in [-0.1, -0.05) is 16.8 Å². The van der Waals surface area contributed by atoms with Crippen molar-refractivity contribution >= 4 is 29.1 Å². The maximum Gasteiger partial charge on any atom is 0.264 e. The van der Waals surface area contributed by atoms with E-state index in [0.717, 1.165) is 13.1 Å². The normalized spacial score (nSPS) is 20.9. The number of benzene rings is 1. The molecule has 0 aliphatic carbocycles. The lowest BCUT2D eigenvalue weighted by Gasteiger charge is -2.34. The number of rotatable bonds is 5. The van der Waals surface area contributed by atoms with Crippen LogP contribution in [-0.4, -0.2) is 79.8 Å². The van der Waals surface area contributed by atoms with Gasteiger partial charge in [0.25, 0.3) is 5.91 Å². The third-order valence-electron chi connectivity index (χ3n) is 4.99. The Kier molecular flexibility index (Phi) is 6.41. The van der Waals surface area contributed by atoms with Crippen molar-refractivity contribution in [2.24, 2.45) is 5.16 Å². The highest BCUT2D eigenvalue weighted by Crippen LogP contribution is 2.27. The molecule has 2 aliphatic heterocycles. The van der Waals surface area contributed by atoms with Crippen LogP contribution in [0, 0.1) is 0 Å². The highest BCUT2D eigenvalue weighted by atomic mass is 35.5. The van der Waals surface area contributed by atoms with Gasteiger partial charge >= 0.3 is 0 Å². The van der Waals surface area contributed by atoms with E-state index in [1.165, 1.54) is 0 Å². The van der Waals surface area contributed by atoms with E-state index in [1.807, 2.05) is 7.05 Å². The van der Waals surface area contributed by atoms with E-state index in [2.05, 4.69) is 15.4 Å². The number of ether oxygens (including phenoxy) is 1. The topological polar surface area (TPSA) is 83.5 Å². The molecule has 28 heavy (non-hydrogen) atoms. The maximum atomic E-state index is 12.5. The summed E-state index contributed by atoms with van der Waals surface area (Å²) >= 11 is 6.24. The fourth-order valence-corrected chi connectivity index (χ4v) is 3.42. The largest absolute Gasteiger partial charge is 0.497 e. The van der Waals surface area contributed by atoms with Gasteiger partial charge in [0.15, 0.2) is 0 Å². The van der Waals surface area contributed by atoms with Crippen LogP contribution in [0.5, 0.6) is 5.75 Å². The number of hydrogen-bond acceptors (Lipinski definition) is 6. The van der Waals surface area contributed by atoms with Crippen molar-refractivity contribution in [2.75, 3.05) is 40.3 Å². The van der Waals surface area contributed by atoms with Crippen molar-refractivity contribution in [3.8, 4) is 5.75 Å². The van der Waals surface area contributed by atoms with E-state index >= 15 is 0 Å². The Bertz CT molecular complexity index is 777. The molecule has 0 radical (unpaired) electrons. The summed E-state index contributed by atoms with van der Waals surface area (Å²) in [6.07, 6.45) is -0.520. The molecule has 0 unspecified atom stereocenters. The lowest BCUT2D eigenvalue weighted by atomic mass is 10.0. The van der Waals surface area contributed by atoms with Crippen LogP contribution in [0.2, 0.25) is 5.02 Å². The monoisotopic (exact) mass is 408 g/mol. The minimum absolute atomic E-state index is 0.0866. The van der Waals surface area contributed by atoms with Gasteiger partial charge in [0.1, 0.15) is 11.8 Å².